The lowest BCUT2D eigenvalue weighted by molar-refractivity contribution is -0.124. The molecule has 2 aliphatic rings. The van der Waals surface area contributed by atoms with Gasteiger partial charge in [0.1, 0.15) is 0 Å². The maximum absolute atomic E-state index is 13.5. The van der Waals surface area contributed by atoms with Gasteiger partial charge in [-0.15, -0.1) is 0 Å². The summed E-state index contributed by atoms with van der Waals surface area (Å²) < 4.78 is 0. The van der Waals surface area contributed by atoms with Crippen LogP contribution in [0.1, 0.15) is 55.7 Å². The van der Waals surface area contributed by atoms with Gasteiger partial charge in [0.05, 0.1) is 16.8 Å². The van der Waals surface area contributed by atoms with E-state index in [4.69, 9.17) is 4.99 Å². The highest BCUT2D eigenvalue weighted by molar-refractivity contribution is 8.18. The molecule has 0 radical (unpaired) electrons. The van der Waals surface area contributed by atoms with Gasteiger partial charge in [0.15, 0.2) is 5.17 Å². The van der Waals surface area contributed by atoms with E-state index in [1.807, 2.05) is 17.0 Å². The van der Waals surface area contributed by atoms with Crippen molar-refractivity contribution in [3.8, 4) is 0 Å². The van der Waals surface area contributed by atoms with Gasteiger partial charge in [-0.2, -0.15) is 0 Å². The summed E-state index contributed by atoms with van der Waals surface area (Å²) in [6.07, 6.45) is 9.19. The lowest BCUT2D eigenvalue weighted by atomic mass is 9.94. The lowest BCUT2D eigenvalue weighted by Gasteiger charge is -2.30. The smallest absolute Gasteiger partial charge is 0.267 e. The minimum Gasteiger partial charge on any atom is -0.283 e. The molecule has 0 unspecified atom stereocenters. The number of benzene rings is 1. The predicted molar refractivity (Wildman–Crippen MR) is 121 cm³/mol. The summed E-state index contributed by atoms with van der Waals surface area (Å²) in [5, 5.41) is 0.785. The van der Waals surface area contributed by atoms with Gasteiger partial charge in [-0.05, 0) is 79.8 Å². The first-order valence-electron chi connectivity index (χ1n) is 10.3. The lowest BCUT2D eigenvalue weighted by Crippen LogP contribution is -2.40. The summed E-state index contributed by atoms with van der Waals surface area (Å²) in [5.41, 5.74) is 5.43. The second-order valence-corrected chi connectivity index (χ2v) is 8.91. The van der Waals surface area contributed by atoms with Crippen LogP contribution in [-0.2, 0) is 4.79 Å². The quantitative estimate of drug-likeness (QED) is 0.586. The summed E-state index contributed by atoms with van der Waals surface area (Å²) in [7, 11) is 0. The molecule has 29 heavy (non-hydrogen) atoms. The number of aliphatic imine (C=N–C) groups is 1. The van der Waals surface area contributed by atoms with Crippen molar-refractivity contribution in [3.05, 3.63) is 64.3 Å². The number of pyridine rings is 1. The molecule has 1 saturated heterocycles. The number of thioether (sulfide) groups is 1. The predicted octanol–water partition coefficient (Wildman–Crippen LogP) is 6.03. The molecule has 1 aliphatic heterocycles. The van der Waals surface area contributed by atoms with Crippen molar-refractivity contribution in [2.75, 3.05) is 0 Å². The number of carbonyl (C=O) groups is 1. The van der Waals surface area contributed by atoms with E-state index in [0.717, 1.165) is 39.7 Å². The van der Waals surface area contributed by atoms with E-state index in [0.29, 0.717) is 0 Å². The van der Waals surface area contributed by atoms with E-state index in [1.165, 1.54) is 42.2 Å². The van der Waals surface area contributed by atoms with Gasteiger partial charge < -0.3 is 0 Å². The number of allylic oxidation sites excluding steroid dienone is 1. The van der Waals surface area contributed by atoms with Gasteiger partial charge in [0, 0.05) is 12.2 Å². The molecule has 0 spiro atoms. The maximum atomic E-state index is 13.5. The fourth-order valence-electron chi connectivity index (χ4n) is 3.99. The second-order valence-electron chi connectivity index (χ2n) is 7.93. The summed E-state index contributed by atoms with van der Waals surface area (Å²) in [4.78, 5) is 25.3. The van der Waals surface area contributed by atoms with E-state index in [-0.39, 0.29) is 11.9 Å². The number of hydrogen-bond acceptors (Lipinski definition) is 4. The number of aryl methyl sites for hydroxylation is 2. The molecule has 0 N–H and O–H groups in total. The van der Waals surface area contributed by atoms with Gasteiger partial charge in [0.25, 0.3) is 5.91 Å². The third-order valence-electron chi connectivity index (χ3n) is 5.90. The fraction of sp³-hybridized carbons (Fsp3) is 0.375. The Morgan fingerprint density at radius 3 is 2.62 bits per heavy atom. The number of amidine groups is 1. The van der Waals surface area contributed by atoms with Crippen LogP contribution in [0.2, 0.25) is 0 Å². The Morgan fingerprint density at radius 1 is 1.14 bits per heavy atom. The van der Waals surface area contributed by atoms with Gasteiger partial charge in [0.2, 0.25) is 0 Å². The molecule has 4 rings (SSSR count). The van der Waals surface area contributed by atoms with E-state index < -0.39 is 0 Å². The Labute approximate surface area is 177 Å². The molecule has 2 aromatic rings. The standard InChI is InChI=1S/C24H27N3OS/c1-16-11-12-19(14-17(16)2)18(3)22-23(28)27(21-9-5-4-6-10-21)24(29-22)26-20-8-7-13-25-15-20/h7-8,11-15,21H,4-6,9-10H2,1-3H3/b22-18-,26-24?. The average molecular weight is 406 g/mol. The Kier molecular flexibility index (Phi) is 5.86. The molecule has 1 aromatic heterocycles. The maximum Gasteiger partial charge on any atom is 0.267 e. The molecule has 4 nitrogen and oxygen atoms in total. The van der Waals surface area contributed by atoms with Crippen molar-refractivity contribution in [2.24, 2.45) is 4.99 Å². The average Bonchev–Trinajstić information content (AvgIpc) is 3.06. The van der Waals surface area contributed by atoms with Crippen LogP contribution in [-0.4, -0.2) is 27.0 Å². The van der Waals surface area contributed by atoms with E-state index in [1.54, 1.807) is 12.4 Å². The first kappa shape index (κ1) is 19.9. The first-order valence-corrected chi connectivity index (χ1v) is 11.1. The van der Waals surface area contributed by atoms with Crippen molar-refractivity contribution < 1.29 is 4.79 Å². The highest BCUT2D eigenvalue weighted by Gasteiger charge is 2.39. The van der Waals surface area contributed by atoms with Gasteiger partial charge in [-0.1, -0.05) is 37.5 Å². The molecule has 1 saturated carbocycles. The van der Waals surface area contributed by atoms with E-state index in [2.05, 4.69) is 44.0 Å². The van der Waals surface area contributed by atoms with E-state index >= 15 is 0 Å². The fourth-order valence-corrected chi connectivity index (χ4v) is 5.11. The summed E-state index contributed by atoms with van der Waals surface area (Å²) >= 11 is 1.51. The minimum atomic E-state index is 0.0975. The Hall–Kier alpha value is -2.40. The molecule has 1 aromatic carbocycles. The van der Waals surface area contributed by atoms with Crippen LogP contribution in [0.3, 0.4) is 0 Å². The molecule has 1 amide bonds. The molecule has 5 heteroatoms. The van der Waals surface area contributed by atoms with Crippen molar-refractivity contribution in [1.29, 1.82) is 0 Å². The largest absolute Gasteiger partial charge is 0.283 e. The number of carbonyl (C=O) groups excluding carboxylic acids is 1. The zero-order valence-corrected chi connectivity index (χ0v) is 18.1. The van der Waals surface area contributed by atoms with Crippen LogP contribution in [0.25, 0.3) is 5.57 Å². The third kappa shape index (κ3) is 4.15. The van der Waals surface area contributed by atoms with Crippen molar-refractivity contribution in [1.82, 2.24) is 9.88 Å². The molecule has 0 bridgehead atoms. The molecule has 150 valence electrons. The van der Waals surface area contributed by atoms with Gasteiger partial charge in [-0.3, -0.25) is 14.7 Å². The third-order valence-corrected chi connectivity index (χ3v) is 7.06. The zero-order valence-electron chi connectivity index (χ0n) is 17.3. The van der Waals surface area contributed by atoms with Crippen molar-refractivity contribution in [3.63, 3.8) is 0 Å². The van der Waals surface area contributed by atoms with Crippen LogP contribution >= 0.6 is 11.8 Å². The van der Waals surface area contributed by atoms with Crippen molar-refractivity contribution >= 4 is 34.1 Å². The molecular formula is C24H27N3OS. The number of nitrogens with zero attached hydrogens (tertiary/aromatic N) is 3. The number of amides is 1. The first-order chi connectivity index (χ1) is 14.0. The molecule has 0 atom stereocenters. The minimum absolute atomic E-state index is 0.0975. The highest BCUT2D eigenvalue weighted by Crippen LogP contribution is 2.41. The summed E-state index contributed by atoms with van der Waals surface area (Å²) in [6.45, 7) is 6.28. The van der Waals surface area contributed by atoms with Crippen LogP contribution in [0.5, 0.6) is 0 Å². The second kappa shape index (κ2) is 8.54. The van der Waals surface area contributed by atoms with Gasteiger partial charge >= 0.3 is 0 Å². The SMILES string of the molecule is C/C(=C1/SC(=Nc2cccnc2)N(C2CCCCC2)C1=O)c1ccc(C)c(C)c1. The van der Waals surface area contributed by atoms with Crippen LogP contribution in [0.15, 0.2) is 52.6 Å². The zero-order chi connectivity index (χ0) is 20.4. The summed E-state index contributed by atoms with van der Waals surface area (Å²) in [6, 6.07) is 10.5. The number of aromatic nitrogens is 1. The molecule has 2 heterocycles. The Morgan fingerprint density at radius 2 is 1.93 bits per heavy atom. The van der Waals surface area contributed by atoms with Crippen molar-refractivity contribution in [2.45, 2.75) is 58.9 Å². The Balaban J connectivity index is 1.75. The van der Waals surface area contributed by atoms with E-state index in [9.17, 15) is 4.79 Å². The molecule has 2 fully saturated rings. The van der Waals surface area contributed by atoms with Gasteiger partial charge in [-0.25, -0.2) is 4.99 Å². The summed E-state index contributed by atoms with van der Waals surface area (Å²) in [5.74, 6) is 0.0975. The number of hydrogen-bond donors (Lipinski definition) is 0. The Bertz CT molecular complexity index is 975. The van der Waals surface area contributed by atoms with Crippen LogP contribution in [0, 0.1) is 13.8 Å². The van der Waals surface area contributed by atoms with Crippen LogP contribution in [0.4, 0.5) is 5.69 Å². The monoisotopic (exact) mass is 405 g/mol. The number of rotatable bonds is 3. The topological polar surface area (TPSA) is 45.6 Å². The molecular weight excluding hydrogens is 378 g/mol. The normalized spacial score (nSPS) is 21.1. The molecule has 1 aliphatic carbocycles. The van der Waals surface area contributed by atoms with Crippen LogP contribution < -0.4 is 0 Å². The highest BCUT2D eigenvalue weighted by atomic mass is 32.2.